The number of aromatic nitrogens is 4. The highest BCUT2D eigenvalue weighted by Crippen LogP contribution is 2.29. The lowest BCUT2D eigenvalue weighted by molar-refractivity contribution is 1.13. The van der Waals surface area contributed by atoms with Crippen molar-refractivity contribution in [2.24, 2.45) is 0 Å². The molecule has 1 aromatic carbocycles. The molecule has 0 fully saturated rings. The average molecular weight is 287 g/mol. The lowest BCUT2D eigenvalue weighted by atomic mass is 10.1. The number of hydrogen-bond acceptors (Lipinski definition) is 4. The van der Waals surface area contributed by atoms with Crippen molar-refractivity contribution in [1.29, 1.82) is 0 Å². The standard InChI is InChI=1S/C17H13N5/c1-2-7-13(8-3-1)15-16(21-17-18-10-6-11-19-17)22-12-5-4-9-14(22)20-15/h1-12H,(H,18,19,21). The summed E-state index contributed by atoms with van der Waals surface area (Å²) >= 11 is 0. The Morgan fingerprint density at radius 3 is 2.41 bits per heavy atom. The van der Waals surface area contributed by atoms with E-state index in [1.807, 2.05) is 59.1 Å². The van der Waals surface area contributed by atoms with Gasteiger partial charge in [0, 0.05) is 24.2 Å². The predicted molar refractivity (Wildman–Crippen MR) is 85.9 cm³/mol. The van der Waals surface area contributed by atoms with Gasteiger partial charge in [-0.1, -0.05) is 36.4 Å². The molecule has 0 radical (unpaired) electrons. The Morgan fingerprint density at radius 1 is 0.818 bits per heavy atom. The first-order chi connectivity index (χ1) is 10.9. The van der Waals surface area contributed by atoms with E-state index in [1.54, 1.807) is 18.5 Å². The van der Waals surface area contributed by atoms with Crippen LogP contribution in [0.4, 0.5) is 11.8 Å². The van der Waals surface area contributed by atoms with Gasteiger partial charge in [-0.3, -0.25) is 4.40 Å². The second-order valence-electron chi connectivity index (χ2n) is 4.80. The smallest absolute Gasteiger partial charge is 0.228 e. The summed E-state index contributed by atoms with van der Waals surface area (Å²) in [6.45, 7) is 0. The quantitative estimate of drug-likeness (QED) is 0.626. The molecule has 0 aliphatic rings. The highest BCUT2D eigenvalue weighted by atomic mass is 15.2. The van der Waals surface area contributed by atoms with Gasteiger partial charge in [0.2, 0.25) is 5.95 Å². The number of nitrogens with one attached hydrogen (secondary N) is 1. The molecule has 0 unspecified atom stereocenters. The summed E-state index contributed by atoms with van der Waals surface area (Å²) in [6, 6.07) is 17.8. The largest absolute Gasteiger partial charge is 0.308 e. The molecule has 3 heterocycles. The van der Waals surface area contributed by atoms with Crippen molar-refractivity contribution in [2.45, 2.75) is 0 Å². The maximum absolute atomic E-state index is 4.72. The average Bonchev–Trinajstić information content (AvgIpc) is 2.95. The predicted octanol–water partition coefficient (Wildman–Crippen LogP) is 3.53. The van der Waals surface area contributed by atoms with Crippen LogP contribution in [0.1, 0.15) is 0 Å². The molecule has 5 heteroatoms. The molecule has 5 nitrogen and oxygen atoms in total. The molecule has 4 rings (SSSR count). The maximum atomic E-state index is 4.72. The van der Waals surface area contributed by atoms with Crippen LogP contribution in [-0.4, -0.2) is 19.4 Å². The summed E-state index contributed by atoms with van der Waals surface area (Å²) in [5.74, 6) is 1.40. The molecule has 0 aliphatic carbocycles. The van der Waals surface area contributed by atoms with Gasteiger partial charge in [-0.05, 0) is 18.2 Å². The molecular formula is C17H13N5. The van der Waals surface area contributed by atoms with Crippen molar-refractivity contribution in [3.05, 3.63) is 73.2 Å². The van der Waals surface area contributed by atoms with Gasteiger partial charge in [-0.15, -0.1) is 0 Å². The van der Waals surface area contributed by atoms with E-state index < -0.39 is 0 Å². The molecule has 0 saturated carbocycles. The van der Waals surface area contributed by atoms with Crippen molar-refractivity contribution in [3.8, 4) is 11.3 Å². The van der Waals surface area contributed by atoms with Crippen LogP contribution in [0, 0.1) is 0 Å². The third kappa shape index (κ3) is 2.18. The Labute approximate surface area is 127 Å². The minimum Gasteiger partial charge on any atom is -0.308 e. The second-order valence-corrected chi connectivity index (χ2v) is 4.80. The summed E-state index contributed by atoms with van der Waals surface area (Å²) in [6.07, 6.45) is 5.39. The lowest BCUT2D eigenvalue weighted by Gasteiger charge is -2.06. The molecule has 4 aromatic rings. The molecule has 106 valence electrons. The van der Waals surface area contributed by atoms with Crippen LogP contribution in [0.25, 0.3) is 16.9 Å². The number of rotatable bonds is 3. The molecule has 0 bridgehead atoms. The summed E-state index contributed by atoms with van der Waals surface area (Å²) < 4.78 is 2.00. The third-order valence-corrected chi connectivity index (χ3v) is 3.37. The monoisotopic (exact) mass is 287 g/mol. The summed E-state index contributed by atoms with van der Waals surface area (Å²) in [5, 5.41) is 3.27. The van der Waals surface area contributed by atoms with Crippen molar-refractivity contribution < 1.29 is 0 Å². The van der Waals surface area contributed by atoms with Crippen LogP contribution in [0.2, 0.25) is 0 Å². The number of anilines is 2. The SMILES string of the molecule is c1ccc(-c2nc3ccccn3c2Nc2ncccn2)cc1. The van der Waals surface area contributed by atoms with Crippen molar-refractivity contribution in [1.82, 2.24) is 19.4 Å². The van der Waals surface area contributed by atoms with Crippen LogP contribution in [0.5, 0.6) is 0 Å². The Morgan fingerprint density at radius 2 is 1.59 bits per heavy atom. The highest BCUT2D eigenvalue weighted by molar-refractivity contribution is 5.78. The van der Waals surface area contributed by atoms with E-state index in [2.05, 4.69) is 15.3 Å². The van der Waals surface area contributed by atoms with Gasteiger partial charge in [0.1, 0.15) is 17.2 Å². The van der Waals surface area contributed by atoms with Gasteiger partial charge in [-0.25, -0.2) is 15.0 Å². The first-order valence-corrected chi connectivity index (χ1v) is 6.98. The molecule has 0 saturated heterocycles. The molecule has 22 heavy (non-hydrogen) atoms. The molecule has 0 amide bonds. The molecular weight excluding hydrogens is 274 g/mol. The normalized spacial score (nSPS) is 10.7. The highest BCUT2D eigenvalue weighted by Gasteiger charge is 2.14. The van der Waals surface area contributed by atoms with Crippen molar-refractivity contribution >= 4 is 17.4 Å². The molecule has 0 aliphatic heterocycles. The van der Waals surface area contributed by atoms with Gasteiger partial charge in [0.15, 0.2) is 0 Å². The van der Waals surface area contributed by atoms with E-state index in [-0.39, 0.29) is 0 Å². The zero-order chi connectivity index (χ0) is 14.8. The minimum atomic E-state index is 0.547. The van der Waals surface area contributed by atoms with Gasteiger partial charge < -0.3 is 5.32 Å². The first kappa shape index (κ1) is 12.5. The van der Waals surface area contributed by atoms with Crippen LogP contribution in [0.3, 0.4) is 0 Å². The van der Waals surface area contributed by atoms with Gasteiger partial charge >= 0.3 is 0 Å². The van der Waals surface area contributed by atoms with E-state index in [0.717, 1.165) is 22.7 Å². The van der Waals surface area contributed by atoms with Crippen LogP contribution >= 0.6 is 0 Å². The van der Waals surface area contributed by atoms with E-state index >= 15 is 0 Å². The molecule has 0 atom stereocenters. The van der Waals surface area contributed by atoms with Gasteiger partial charge in [0.25, 0.3) is 0 Å². The summed E-state index contributed by atoms with van der Waals surface area (Å²) in [7, 11) is 0. The number of pyridine rings is 1. The van der Waals surface area contributed by atoms with E-state index in [0.29, 0.717) is 5.95 Å². The van der Waals surface area contributed by atoms with Crippen LogP contribution in [0.15, 0.2) is 73.2 Å². The fourth-order valence-corrected chi connectivity index (χ4v) is 2.38. The third-order valence-electron chi connectivity index (χ3n) is 3.37. The number of imidazole rings is 1. The van der Waals surface area contributed by atoms with E-state index in [4.69, 9.17) is 4.98 Å². The Hall–Kier alpha value is -3.21. The molecule has 0 spiro atoms. The zero-order valence-corrected chi connectivity index (χ0v) is 11.7. The Bertz CT molecular complexity index is 900. The lowest BCUT2D eigenvalue weighted by Crippen LogP contribution is -2.00. The van der Waals surface area contributed by atoms with Gasteiger partial charge in [0.05, 0.1) is 0 Å². The molecule has 1 N–H and O–H groups in total. The first-order valence-electron chi connectivity index (χ1n) is 6.98. The summed E-state index contributed by atoms with van der Waals surface area (Å²) in [5.41, 5.74) is 2.80. The fourth-order valence-electron chi connectivity index (χ4n) is 2.38. The summed E-state index contributed by atoms with van der Waals surface area (Å²) in [4.78, 5) is 13.2. The Balaban J connectivity index is 1.91. The van der Waals surface area contributed by atoms with Crippen molar-refractivity contribution in [3.63, 3.8) is 0 Å². The fraction of sp³-hybridized carbons (Fsp3) is 0. The van der Waals surface area contributed by atoms with Crippen LogP contribution < -0.4 is 5.32 Å². The molecule has 3 aromatic heterocycles. The number of nitrogens with zero attached hydrogens (tertiary/aromatic N) is 4. The number of benzene rings is 1. The topological polar surface area (TPSA) is 55.1 Å². The van der Waals surface area contributed by atoms with Crippen LogP contribution in [-0.2, 0) is 0 Å². The zero-order valence-electron chi connectivity index (χ0n) is 11.7. The van der Waals surface area contributed by atoms with Gasteiger partial charge in [-0.2, -0.15) is 0 Å². The second kappa shape index (κ2) is 5.29. The number of fused-ring (bicyclic) bond motifs is 1. The Kier molecular flexibility index (Phi) is 3.01. The minimum absolute atomic E-state index is 0.547. The van der Waals surface area contributed by atoms with E-state index in [9.17, 15) is 0 Å². The maximum Gasteiger partial charge on any atom is 0.228 e. The number of hydrogen-bond donors (Lipinski definition) is 1. The van der Waals surface area contributed by atoms with E-state index in [1.165, 1.54) is 0 Å². The van der Waals surface area contributed by atoms with Crippen molar-refractivity contribution in [2.75, 3.05) is 5.32 Å².